The Balaban J connectivity index is 1.40. The number of rotatable bonds is 7. The molecule has 168 valence electrons. The first-order chi connectivity index (χ1) is 16.0. The third-order valence-electron chi connectivity index (χ3n) is 5.75. The number of carbonyl (C=O) groups excluding carboxylic acids is 2. The van der Waals surface area contributed by atoms with Crippen LogP contribution in [0.1, 0.15) is 33.0 Å². The predicted octanol–water partition coefficient (Wildman–Crippen LogP) is 4.01. The second kappa shape index (κ2) is 9.56. The molecule has 0 spiro atoms. The summed E-state index contributed by atoms with van der Waals surface area (Å²) in [5, 5.41) is 12.0. The number of fused-ring (bicyclic) bond motifs is 3. The highest BCUT2D eigenvalue weighted by Crippen LogP contribution is 2.44. The summed E-state index contributed by atoms with van der Waals surface area (Å²) in [4.78, 5) is 35.7. The number of methoxy groups -OCH3 is 1. The number of carboxylic acids is 1. The van der Waals surface area contributed by atoms with Crippen molar-refractivity contribution in [3.8, 4) is 11.1 Å². The van der Waals surface area contributed by atoms with Crippen LogP contribution in [0.2, 0.25) is 0 Å². The number of hydrogen-bond donors (Lipinski definition) is 2. The molecule has 0 fully saturated rings. The molecule has 2 N–H and O–H groups in total. The van der Waals surface area contributed by atoms with Crippen LogP contribution in [-0.4, -0.2) is 42.9 Å². The first-order valence-corrected chi connectivity index (χ1v) is 10.5. The second-order valence-electron chi connectivity index (χ2n) is 7.75. The van der Waals surface area contributed by atoms with Crippen molar-refractivity contribution < 1.29 is 29.0 Å². The molecule has 0 aromatic heterocycles. The maximum absolute atomic E-state index is 12.5. The summed E-state index contributed by atoms with van der Waals surface area (Å²) >= 11 is 0. The Morgan fingerprint density at radius 3 is 2.03 bits per heavy atom. The van der Waals surface area contributed by atoms with Crippen LogP contribution in [0.4, 0.5) is 4.79 Å². The van der Waals surface area contributed by atoms with E-state index in [1.165, 1.54) is 7.11 Å². The monoisotopic (exact) mass is 445 g/mol. The van der Waals surface area contributed by atoms with Crippen LogP contribution in [0.15, 0.2) is 72.8 Å². The summed E-state index contributed by atoms with van der Waals surface area (Å²) < 4.78 is 10.1. The van der Waals surface area contributed by atoms with Gasteiger partial charge in [0, 0.05) is 12.3 Å². The van der Waals surface area contributed by atoms with Gasteiger partial charge in [0.15, 0.2) is 0 Å². The third-order valence-corrected chi connectivity index (χ3v) is 5.75. The number of benzene rings is 3. The molecule has 1 aliphatic carbocycles. The number of ether oxygens (including phenoxy) is 2. The average Bonchev–Trinajstić information content (AvgIpc) is 3.16. The van der Waals surface area contributed by atoms with Crippen LogP contribution in [-0.2, 0) is 20.7 Å². The van der Waals surface area contributed by atoms with E-state index in [0.29, 0.717) is 11.1 Å². The number of esters is 1. The molecule has 33 heavy (non-hydrogen) atoms. The van der Waals surface area contributed by atoms with Gasteiger partial charge in [-0.05, 0) is 39.9 Å². The van der Waals surface area contributed by atoms with Gasteiger partial charge in [0.25, 0.3) is 0 Å². The highest BCUT2D eigenvalue weighted by atomic mass is 16.5. The maximum atomic E-state index is 12.5. The van der Waals surface area contributed by atoms with Crippen LogP contribution in [0.5, 0.6) is 0 Å². The lowest BCUT2D eigenvalue weighted by Gasteiger charge is -2.17. The lowest BCUT2D eigenvalue weighted by Crippen LogP contribution is -2.42. The lowest BCUT2D eigenvalue weighted by molar-refractivity contribution is -0.139. The number of carboxylic acid groups (broad SMARTS) is 1. The Bertz CT molecular complexity index is 1140. The molecule has 0 bridgehead atoms. The van der Waals surface area contributed by atoms with Gasteiger partial charge in [-0.25, -0.2) is 14.4 Å². The Kier molecular flexibility index (Phi) is 6.40. The molecular formula is C26H23NO6. The van der Waals surface area contributed by atoms with Gasteiger partial charge in [-0.3, -0.25) is 0 Å². The fourth-order valence-electron chi connectivity index (χ4n) is 4.11. The second-order valence-corrected chi connectivity index (χ2v) is 7.75. The van der Waals surface area contributed by atoms with Crippen molar-refractivity contribution in [1.82, 2.24) is 5.32 Å². The van der Waals surface area contributed by atoms with Gasteiger partial charge in [-0.2, -0.15) is 0 Å². The Morgan fingerprint density at radius 2 is 1.48 bits per heavy atom. The van der Waals surface area contributed by atoms with Crippen molar-refractivity contribution in [2.75, 3.05) is 13.7 Å². The molecule has 7 heteroatoms. The van der Waals surface area contributed by atoms with Crippen LogP contribution in [0, 0.1) is 0 Å². The van der Waals surface area contributed by atoms with Crippen molar-refractivity contribution >= 4 is 18.0 Å². The van der Waals surface area contributed by atoms with E-state index in [-0.39, 0.29) is 18.9 Å². The van der Waals surface area contributed by atoms with E-state index >= 15 is 0 Å². The molecule has 4 rings (SSSR count). The van der Waals surface area contributed by atoms with Crippen LogP contribution in [0.3, 0.4) is 0 Å². The summed E-state index contributed by atoms with van der Waals surface area (Å²) in [7, 11) is 1.29. The van der Waals surface area contributed by atoms with Gasteiger partial charge in [-0.15, -0.1) is 0 Å². The first kappa shape index (κ1) is 22.1. The number of amides is 1. The minimum Gasteiger partial charge on any atom is -0.480 e. The zero-order valence-electron chi connectivity index (χ0n) is 18.0. The summed E-state index contributed by atoms with van der Waals surface area (Å²) in [5.41, 5.74) is 5.38. The predicted molar refractivity (Wildman–Crippen MR) is 121 cm³/mol. The van der Waals surface area contributed by atoms with Crippen molar-refractivity contribution in [1.29, 1.82) is 0 Å². The first-order valence-electron chi connectivity index (χ1n) is 10.5. The number of alkyl carbamates (subject to hydrolysis) is 1. The highest BCUT2D eigenvalue weighted by Gasteiger charge is 2.29. The van der Waals surface area contributed by atoms with E-state index in [9.17, 15) is 19.5 Å². The summed E-state index contributed by atoms with van der Waals surface area (Å²) in [5.74, 6) is -1.77. The standard InChI is InChI=1S/C26H23NO6/c1-32-25(30)17-12-10-16(11-13-17)14-23(24(28)29)27-26(31)33-15-22-20-8-4-2-6-18(20)19-7-3-5-9-21(19)22/h2-13,22-23H,14-15H2,1H3,(H,27,31)(H,28,29). The molecule has 1 amide bonds. The molecule has 7 nitrogen and oxygen atoms in total. The van der Waals surface area contributed by atoms with Crippen LogP contribution >= 0.6 is 0 Å². The van der Waals surface area contributed by atoms with Crippen LogP contribution in [0.25, 0.3) is 11.1 Å². The molecule has 0 radical (unpaired) electrons. The summed E-state index contributed by atoms with van der Waals surface area (Å²) in [6.07, 6.45) is -0.753. The van der Waals surface area contributed by atoms with E-state index in [2.05, 4.69) is 10.1 Å². The molecule has 3 aromatic rings. The maximum Gasteiger partial charge on any atom is 0.407 e. The minimum absolute atomic E-state index is 0.0426. The zero-order chi connectivity index (χ0) is 23.4. The highest BCUT2D eigenvalue weighted by molar-refractivity contribution is 5.89. The van der Waals surface area contributed by atoms with E-state index in [1.807, 2.05) is 48.5 Å². The number of nitrogens with one attached hydrogen (secondary N) is 1. The quantitative estimate of drug-likeness (QED) is 0.533. The Hall–Kier alpha value is -4.13. The van der Waals surface area contributed by atoms with Crippen molar-refractivity contribution in [3.05, 3.63) is 95.1 Å². The molecule has 0 saturated carbocycles. The molecule has 0 saturated heterocycles. The fraction of sp³-hybridized carbons (Fsp3) is 0.192. The Morgan fingerprint density at radius 1 is 0.909 bits per heavy atom. The van der Waals surface area contributed by atoms with Gasteiger partial charge < -0.3 is 19.9 Å². The molecule has 1 atom stereocenters. The van der Waals surface area contributed by atoms with Gasteiger partial charge in [0.1, 0.15) is 12.6 Å². The zero-order valence-corrected chi connectivity index (χ0v) is 18.0. The SMILES string of the molecule is COC(=O)c1ccc(CC(NC(=O)OCC2c3ccccc3-c3ccccc32)C(=O)O)cc1. The Labute approximate surface area is 191 Å². The molecule has 0 heterocycles. The van der Waals surface area contributed by atoms with Gasteiger partial charge >= 0.3 is 18.0 Å². The van der Waals surface area contributed by atoms with Crippen molar-refractivity contribution in [2.45, 2.75) is 18.4 Å². The number of carbonyl (C=O) groups is 3. The smallest absolute Gasteiger partial charge is 0.407 e. The largest absolute Gasteiger partial charge is 0.480 e. The molecule has 1 unspecified atom stereocenters. The van der Waals surface area contributed by atoms with Crippen molar-refractivity contribution in [2.24, 2.45) is 0 Å². The molecule has 1 aliphatic rings. The third kappa shape index (κ3) is 4.72. The average molecular weight is 445 g/mol. The fourth-order valence-corrected chi connectivity index (χ4v) is 4.11. The molecular weight excluding hydrogens is 422 g/mol. The number of aliphatic carboxylic acids is 1. The lowest BCUT2D eigenvalue weighted by atomic mass is 9.98. The van der Waals surface area contributed by atoms with E-state index < -0.39 is 24.1 Å². The van der Waals surface area contributed by atoms with E-state index in [0.717, 1.165) is 22.3 Å². The number of hydrogen-bond acceptors (Lipinski definition) is 5. The minimum atomic E-state index is -1.18. The van der Waals surface area contributed by atoms with E-state index in [4.69, 9.17) is 4.74 Å². The topological polar surface area (TPSA) is 102 Å². The van der Waals surface area contributed by atoms with Gasteiger partial charge in [0.05, 0.1) is 12.7 Å². The van der Waals surface area contributed by atoms with E-state index in [1.54, 1.807) is 24.3 Å². The molecule has 0 aliphatic heterocycles. The normalized spacial score (nSPS) is 12.9. The summed E-state index contributed by atoms with van der Waals surface area (Å²) in [6.45, 7) is 0.0972. The van der Waals surface area contributed by atoms with Crippen LogP contribution < -0.4 is 5.32 Å². The van der Waals surface area contributed by atoms with Crippen molar-refractivity contribution in [3.63, 3.8) is 0 Å². The summed E-state index contributed by atoms with van der Waals surface area (Å²) in [6, 6.07) is 21.1. The van der Waals surface area contributed by atoms with Gasteiger partial charge in [0.2, 0.25) is 0 Å². The van der Waals surface area contributed by atoms with Gasteiger partial charge in [-0.1, -0.05) is 60.7 Å². The molecule has 3 aromatic carbocycles.